The molecule has 7 heteroatoms. The van der Waals surface area contributed by atoms with E-state index in [2.05, 4.69) is 0 Å². The first-order valence-electron chi connectivity index (χ1n) is 10.7. The zero-order valence-corrected chi connectivity index (χ0v) is 24.5. The Morgan fingerprint density at radius 3 is 0.516 bits per heavy atom. The molecule has 0 aromatic rings. The van der Waals surface area contributed by atoms with Crippen LogP contribution in [-0.2, 0) is 43.4 Å². The third kappa shape index (κ3) is 72.2. The number of aliphatic hydroxyl groups is 5. The molecule has 5 nitrogen and oxygen atoms in total. The van der Waals surface area contributed by atoms with Gasteiger partial charge in [0.05, 0.1) is 0 Å². The molecule has 0 saturated carbocycles. The first-order valence-corrected chi connectivity index (χ1v) is 10.7. The minimum absolute atomic E-state index is 0. The summed E-state index contributed by atoms with van der Waals surface area (Å²) in [6.45, 7) is 1.35. The molecule has 0 aromatic heterocycles. The van der Waals surface area contributed by atoms with Crippen LogP contribution in [0.2, 0.25) is 0 Å². The van der Waals surface area contributed by atoms with Crippen molar-refractivity contribution in [1.82, 2.24) is 0 Å². The summed E-state index contributed by atoms with van der Waals surface area (Å²) in [5.74, 6) is 0. The van der Waals surface area contributed by atoms with Crippen LogP contribution in [0.3, 0.4) is 0 Å². The number of aliphatic hydroxyl groups excluding tert-OH is 5. The van der Waals surface area contributed by atoms with Crippen molar-refractivity contribution >= 4 is 0 Å². The summed E-state index contributed by atoms with van der Waals surface area (Å²) in [7, 11) is 1.00. The minimum Gasteiger partial charge on any atom is -0.400 e. The van der Waals surface area contributed by atoms with Crippen molar-refractivity contribution in [2.24, 2.45) is 0 Å². The van der Waals surface area contributed by atoms with Crippen molar-refractivity contribution < 1.29 is 69.0 Å². The van der Waals surface area contributed by atoms with Crippen molar-refractivity contribution in [2.45, 2.75) is 103 Å². The molecule has 0 saturated heterocycles. The molecule has 0 rings (SSSR count). The average molecular weight is 521 g/mol. The third-order valence-electron chi connectivity index (χ3n) is 4.13. The second kappa shape index (κ2) is 63.3. The van der Waals surface area contributed by atoms with Crippen LogP contribution >= 0.6 is 0 Å². The Morgan fingerprint density at radius 1 is 0.323 bits per heavy atom. The summed E-state index contributed by atoms with van der Waals surface area (Å²) in [6, 6.07) is 0. The third-order valence-corrected chi connectivity index (χ3v) is 4.13. The maximum atomic E-state index is 8.51. The molecule has 0 amide bonds. The zero-order chi connectivity index (χ0) is 20.1. The molecule has 0 heterocycles. The summed E-state index contributed by atoms with van der Waals surface area (Å²) in [5.41, 5.74) is 0. The molecule has 192 valence electrons. The van der Waals surface area contributed by atoms with Crippen molar-refractivity contribution in [1.29, 1.82) is 0 Å². The number of unbranched alkanes of at least 4 members (excludes halogenated alkanes) is 14. The molecule has 0 radical (unpaired) electrons. The Bertz CT molecular complexity index is 163. The topological polar surface area (TPSA) is 101 Å². The molecule has 0 fully saturated rings. The van der Waals surface area contributed by atoms with Crippen LogP contribution in [0, 0.1) is 22.3 Å². The summed E-state index contributed by atoms with van der Waals surface area (Å²) in [4.78, 5) is 0. The van der Waals surface area contributed by atoms with Crippen LogP contribution in [0.25, 0.3) is 0 Å². The fourth-order valence-electron chi connectivity index (χ4n) is 2.57. The van der Waals surface area contributed by atoms with Crippen LogP contribution in [0.5, 0.6) is 0 Å². The normalized spacial score (nSPS) is 8.32. The van der Waals surface area contributed by atoms with Crippen LogP contribution in [0.15, 0.2) is 0 Å². The van der Waals surface area contributed by atoms with Gasteiger partial charge >= 0.3 is 21.7 Å². The largest absolute Gasteiger partial charge is 2.00 e. The predicted octanol–water partition coefficient (Wildman–Crippen LogP) is 5.14. The van der Waals surface area contributed by atoms with E-state index in [0.717, 1.165) is 58.5 Å². The van der Waals surface area contributed by atoms with E-state index < -0.39 is 0 Å². The number of hydrogen-bond donors (Lipinski definition) is 5. The van der Waals surface area contributed by atoms with E-state index in [1.807, 2.05) is 0 Å². The van der Waals surface area contributed by atoms with Crippen molar-refractivity contribution in [3.8, 4) is 0 Å². The van der Waals surface area contributed by atoms with Gasteiger partial charge in [0.1, 0.15) is 0 Å². The van der Waals surface area contributed by atoms with E-state index >= 15 is 0 Å². The molecular weight excluding hydrogens is 464 g/mol. The van der Waals surface area contributed by atoms with E-state index in [1.165, 1.54) is 51.4 Å². The maximum Gasteiger partial charge on any atom is 2.00 e. The maximum absolute atomic E-state index is 8.51. The van der Waals surface area contributed by atoms with Gasteiger partial charge in [-0.1, -0.05) is 77.0 Å². The first kappa shape index (κ1) is 53.5. The van der Waals surface area contributed by atoms with Gasteiger partial charge in [0.2, 0.25) is 0 Å². The van der Waals surface area contributed by atoms with Gasteiger partial charge in [-0.3, -0.25) is 0 Å². The summed E-state index contributed by atoms with van der Waals surface area (Å²) in [5, 5.41) is 41.0. The van der Waals surface area contributed by atoms with Crippen molar-refractivity contribution in [2.75, 3.05) is 33.5 Å². The van der Waals surface area contributed by atoms with Gasteiger partial charge in [-0.2, -0.15) is 0 Å². The monoisotopic (exact) mass is 521 g/mol. The second-order valence-electron chi connectivity index (χ2n) is 6.55. The quantitative estimate of drug-likeness (QED) is 0.0978. The van der Waals surface area contributed by atoms with E-state index in [-0.39, 0.29) is 65.7 Å². The van der Waals surface area contributed by atoms with Gasteiger partial charge in [-0.15, -0.1) is 0 Å². The Morgan fingerprint density at radius 2 is 0.419 bits per heavy atom. The van der Waals surface area contributed by atoms with Crippen molar-refractivity contribution in [3.05, 3.63) is 22.3 Å². The fourth-order valence-corrected chi connectivity index (χ4v) is 2.57. The summed E-state index contributed by atoms with van der Waals surface area (Å²) >= 11 is 0. The fraction of sp³-hybridized carbons (Fsp3) is 0.875. The first-order chi connectivity index (χ1) is 12.8. The number of rotatable bonds is 18. The molecule has 5 N–H and O–H groups in total. The molecule has 0 bridgehead atoms. The van der Waals surface area contributed by atoms with E-state index in [4.69, 9.17) is 25.5 Å². The minimum atomic E-state index is 0. The van der Waals surface area contributed by atoms with Gasteiger partial charge < -0.3 is 47.8 Å². The van der Waals surface area contributed by atoms with E-state index in [9.17, 15) is 0 Å². The Kier molecular flexibility index (Phi) is 109. The average Bonchev–Trinajstić information content (AvgIpc) is 2.68. The Hall–Kier alpha value is 1.23. The zero-order valence-electron chi connectivity index (χ0n) is 21.4. The van der Waals surface area contributed by atoms with Crippen molar-refractivity contribution in [3.63, 3.8) is 0 Å². The molecule has 0 spiro atoms. The Balaban J connectivity index is -0.0000000457. The predicted molar refractivity (Wildman–Crippen MR) is 130 cm³/mol. The Labute approximate surface area is 226 Å². The van der Waals surface area contributed by atoms with Crippen LogP contribution in [-0.4, -0.2) is 59.1 Å². The van der Waals surface area contributed by atoms with E-state index in [1.54, 1.807) is 0 Å². The van der Waals surface area contributed by atoms with Crippen LogP contribution < -0.4 is 0 Å². The smallest absolute Gasteiger partial charge is 0.400 e. The molecular formula is C24H57O5Ti2-. The molecule has 0 aliphatic rings. The molecule has 0 atom stereocenters. The standard InChI is InChI=1S/2C10H22O2.CH4O.3CH3.2Ti/c2*11-9-7-5-3-1-2-4-6-8-10-12;1-2;;;;;/h2*11-12H,1-10H2;2H,1H3;3*1H3;;/q;;;3*-1;;+2. The molecule has 0 unspecified atom stereocenters. The molecule has 0 aromatic carbocycles. The van der Waals surface area contributed by atoms with Crippen LogP contribution in [0.4, 0.5) is 0 Å². The van der Waals surface area contributed by atoms with Gasteiger partial charge in [0, 0.05) is 55.3 Å². The van der Waals surface area contributed by atoms with Gasteiger partial charge in [0.25, 0.3) is 0 Å². The van der Waals surface area contributed by atoms with Gasteiger partial charge in [0.15, 0.2) is 0 Å². The molecule has 0 aliphatic carbocycles. The summed E-state index contributed by atoms with van der Waals surface area (Å²) in [6.07, 6.45) is 18.6. The SMILES string of the molecule is CO.OCCCCCCCCCCO.OCCCCCCCCCCO.[CH3-].[CH3-].[CH3-].[Ti+2].[Ti]. The molecule has 0 aliphatic heterocycles. The van der Waals surface area contributed by atoms with E-state index in [0.29, 0.717) is 26.4 Å². The van der Waals surface area contributed by atoms with Crippen LogP contribution in [0.1, 0.15) is 103 Å². The second-order valence-corrected chi connectivity index (χ2v) is 6.55. The van der Waals surface area contributed by atoms with Gasteiger partial charge in [-0.25, -0.2) is 0 Å². The molecule has 31 heavy (non-hydrogen) atoms. The number of hydrogen-bond acceptors (Lipinski definition) is 5. The van der Waals surface area contributed by atoms with Gasteiger partial charge in [-0.05, 0) is 25.7 Å². The summed E-state index contributed by atoms with van der Waals surface area (Å²) < 4.78 is 0.